The van der Waals surface area contributed by atoms with Crippen molar-refractivity contribution in [2.45, 2.75) is 187 Å². The van der Waals surface area contributed by atoms with Crippen molar-refractivity contribution in [3.63, 3.8) is 0 Å². The Bertz CT molecular complexity index is 819. The van der Waals surface area contributed by atoms with E-state index in [9.17, 15) is 19.2 Å². The van der Waals surface area contributed by atoms with Crippen molar-refractivity contribution in [3.8, 4) is 0 Å². The molecule has 1 rings (SSSR count). The fraction of sp³-hybridized carbons (Fsp3) is 0.889. The lowest BCUT2D eigenvalue weighted by atomic mass is 9.92. The third kappa shape index (κ3) is 17.9. The van der Waals surface area contributed by atoms with Crippen molar-refractivity contribution < 1.29 is 38.1 Å². The molecular formula is C36H65NO8. The summed E-state index contributed by atoms with van der Waals surface area (Å²) in [5, 5.41) is 0. The van der Waals surface area contributed by atoms with Crippen molar-refractivity contribution in [1.29, 1.82) is 0 Å². The summed E-state index contributed by atoms with van der Waals surface area (Å²) in [6.07, 6.45) is 15.5. The quantitative estimate of drug-likeness (QED) is 0.0531. The molecule has 9 heteroatoms. The van der Waals surface area contributed by atoms with Crippen LogP contribution in [0.25, 0.3) is 0 Å². The SMILES string of the molecule is CCCCCCCCCCCCCCN1C[C@H](OC(=O)CCC)[C@@H](OC(=O)CCC)[C@H](OC(=O)CCC)[C@H]1COC(=O)CCC. The molecule has 262 valence electrons. The zero-order valence-electron chi connectivity index (χ0n) is 29.3. The first-order chi connectivity index (χ1) is 21.8. The molecule has 0 amide bonds. The molecule has 4 atom stereocenters. The highest BCUT2D eigenvalue weighted by Gasteiger charge is 2.50. The molecule has 1 heterocycles. The second kappa shape index (κ2) is 26.0. The highest BCUT2D eigenvalue weighted by Crippen LogP contribution is 2.29. The standard InChI is InChI=1S/C36H65NO8/c1-6-11-12-13-14-15-16-17-18-19-20-21-26-37-27-30(43-32(39)23-8-3)36(45-34(41)25-10-5)35(44-33(40)24-9-4)29(37)28-42-31(38)22-7-2/h29-30,35-36H,6-28H2,1-5H3/t29-,30+,35-,36-/m1/s1. The van der Waals surface area contributed by atoms with Crippen LogP contribution in [0.15, 0.2) is 0 Å². The molecule has 0 aromatic carbocycles. The van der Waals surface area contributed by atoms with Gasteiger partial charge >= 0.3 is 23.9 Å². The fourth-order valence-electron chi connectivity index (χ4n) is 5.83. The number of nitrogens with zero attached hydrogens (tertiary/aromatic N) is 1. The van der Waals surface area contributed by atoms with Crippen molar-refractivity contribution in [2.24, 2.45) is 0 Å². The van der Waals surface area contributed by atoms with E-state index >= 15 is 0 Å². The summed E-state index contributed by atoms with van der Waals surface area (Å²) < 4.78 is 23.5. The van der Waals surface area contributed by atoms with Gasteiger partial charge in [0, 0.05) is 32.2 Å². The summed E-state index contributed by atoms with van der Waals surface area (Å²) in [4.78, 5) is 52.8. The highest BCUT2D eigenvalue weighted by molar-refractivity contribution is 5.72. The van der Waals surface area contributed by atoms with Crippen LogP contribution in [0.3, 0.4) is 0 Å². The van der Waals surface area contributed by atoms with Gasteiger partial charge in [-0.05, 0) is 38.6 Å². The van der Waals surface area contributed by atoms with Gasteiger partial charge in [-0.2, -0.15) is 0 Å². The Hall–Kier alpha value is -2.16. The van der Waals surface area contributed by atoms with E-state index in [0.717, 1.165) is 19.3 Å². The maximum Gasteiger partial charge on any atom is 0.306 e. The van der Waals surface area contributed by atoms with E-state index in [1.54, 1.807) is 0 Å². The molecule has 0 bridgehead atoms. The first kappa shape index (κ1) is 40.9. The summed E-state index contributed by atoms with van der Waals surface area (Å²) in [6.45, 7) is 10.8. The minimum absolute atomic E-state index is 0.00137. The Morgan fingerprint density at radius 1 is 0.511 bits per heavy atom. The zero-order chi connectivity index (χ0) is 33.3. The zero-order valence-corrected chi connectivity index (χ0v) is 29.3. The highest BCUT2D eigenvalue weighted by atomic mass is 16.6. The van der Waals surface area contributed by atoms with Gasteiger partial charge in [0.25, 0.3) is 0 Å². The van der Waals surface area contributed by atoms with E-state index in [1.807, 2.05) is 27.7 Å². The first-order valence-corrected chi connectivity index (χ1v) is 18.3. The molecule has 0 spiro atoms. The minimum Gasteiger partial charge on any atom is -0.464 e. The second-order valence-corrected chi connectivity index (χ2v) is 12.6. The maximum atomic E-state index is 12.9. The Kier molecular flexibility index (Phi) is 23.6. The van der Waals surface area contributed by atoms with Crippen molar-refractivity contribution in [2.75, 3.05) is 19.7 Å². The molecule has 1 aliphatic heterocycles. The van der Waals surface area contributed by atoms with Crippen molar-refractivity contribution in [3.05, 3.63) is 0 Å². The van der Waals surface area contributed by atoms with E-state index in [1.165, 1.54) is 57.8 Å². The van der Waals surface area contributed by atoms with Gasteiger partial charge in [0.15, 0.2) is 18.3 Å². The van der Waals surface area contributed by atoms with Crippen LogP contribution in [0.2, 0.25) is 0 Å². The second-order valence-electron chi connectivity index (χ2n) is 12.6. The minimum atomic E-state index is -0.987. The number of unbranched alkanes of at least 4 members (excludes halogenated alkanes) is 11. The maximum absolute atomic E-state index is 12.9. The molecule has 0 aromatic heterocycles. The largest absolute Gasteiger partial charge is 0.464 e. The molecule has 0 aliphatic carbocycles. The molecule has 0 N–H and O–H groups in total. The van der Waals surface area contributed by atoms with Crippen LogP contribution in [0.4, 0.5) is 0 Å². The van der Waals surface area contributed by atoms with Crippen LogP contribution in [0, 0.1) is 0 Å². The lowest BCUT2D eigenvalue weighted by Gasteiger charge is -2.47. The number of hydrogen-bond donors (Lipinski definition) is 0. The molecule has 0 radical (unpaired) electrons. The summed E-state index contributed by atoms with van der Waals surface area (Å²) in [7, 11) is 0. The van der Waals surface area contributed by atoms with Gasteiger partial charge in [0.1, 0.15) is 6.61 Å². The number of carbonyl (C=O) groups is 4. The third-order valence-corrected chi connectivity index (χ3v) is 8.30. The molecule has 0 saturated carbocycles. The van der Waals surface area contributed by atoms with Gasteiger partial charge < -0.3 is 18.9 Å². The van der Waals surface area contributed by atoms with Crippen molar-refractivity contribution in [1.82, 2.24) is 4.90 Å². The summed E-state index contributed by atoms with van der Waals surface area (Å²) in [6, 6.07) is -0.528. The van der Waals surface area contributed by atoms with Crippen LogP contribution in [0.1, 0.15) is 163 Å². The van der Waals surface area contributed by atoms with Crippen LogP contribution in [0.5, 0.6) is 0 Å². The normalized spacial score (nSPS) is 20.0. The first-order valence-electron chi connectivity index (χ1n) is 18.3. The van der Waals surface area contributed by atoms with E-state index in [4.69, 9.17) is 18.9 Å². The lowest BCUT2D eigenvalue weighted by Crippen LogP contribution is -2.65. The Morgan fingerprint density at radius 3 is 1.42 bits per heavy atom. The number of esters is 4. The van der Waals surface area contributed by atoms with Crippen LogP contribution < -0.4 is 0 Å². The van der Waals surface area contributed by atoms with Gasteiger partial charge in [-0.1, -0.05) is 105 Å². The summed E-state index contributed by atoms with van der Waals surface area (Å²) in [5.41, 5.74) is 0. The average molecular weight is 640 g/mol. The topological polar surface area (TPSA) is 108 Å². The van der Waals surface area contributed by atoms with E-state index < -0.39 is 36.3 Å². The number of carbonyl (C=O) groups excluding carboxylic acids is 4. The summed E-state index contributed by atoms with van der Waals surface area (Å²) >= 11 is 0. The molecular weight excluding hydrogens is 574 g/mol. The van der Waals surface area contributed by atoms with Crippen LogP contribution in [-0.4, -0.2) is 72.8 Å². The van der Waals surface area contributed by atoms with Gasteiger partial charge in [-0.15, -0.1) is 0 Å². The molecule has 0 aromatic rings. The van der Waals surface area contributed by atoms with E-state index in [2.05, 4.69) is 11.8 Å². The van der Waals surface area contributed by atoms with E-state index in [0.29, 0.717) is 38.8 Å². The predicted octanol–water partition coefficient (Wildman–Crippen LogP) is 7.85. The third-order valence-electron chi connectivity index (χ3n) is 8.30. The van der Waals surface area contributed by atoms with Crippen LogP contribution >= 0.6 is 0 Å². The van der Waals surface area contributed by atoms with Crippen molar-refractivity contribution >= 4 is 23.9 Å². The monoisotopic (exact) mass is 639 g/mol. The number of likely N-dealkylation sites (tertiary alicyclic amines) is 1. The van der Waals surface area contributed by atoms with Crippen LogP contribution in [-0.2, 0) is 38.1 Å². The Labute approximate surface area is 273 Å². The Balaban J connectivity index is 3.05. The lowest BCUT2D eigenvalue weighted by molar-refractivity contribution is -0.210. The summed E-state index contributed by atoms with van der Waals surface area (Å²) in [5.74, 6) is -1.56. The van der Waals surface area contributed by atoms with Gasteiger partial charge in [-0.3, -0.25) is 24.1 Å². The molecule has 0 unspecified atom stereocenters. The predicted molar refractivity (Wildman–Crippen MR) is 177 cm³/mol. The number of rotatable bonds is 26. The molecule has 45 heavy (non-hydrogen) atoms. The smallest absolute Gasteiger partial charge is 0.306 e. The van der Waals surface area contributed by atoms with Gasteiger partial charge in [0.2, 0.25) is 0 Å². The molecule has 1 aliphatic rings. The average Bonchev–Trinajstić information content (AvgIpc) is 2.99. The molecule has 9 nitrogen and oxygen atoms in total. The molecule has 1 fully saturated rings. The number of hydrogen-bond acceptors (Lipinski definition) is 9. The number of piperidine rings is 1. The Morgan fingerprint density at radius 2 is 0.933 bits per heavy atom. The van der Waals surface area contributed by atoms with E-state index in [-0.39, 0.29) is 44.2 Å². The fourth-order valence-corrected chi connectivity index (χ4v) is 5.83. The van der Waals surface area contributed by atoms with Gasteiger partial charge in [-0.25, -0.2) is 0 Å². The molecule has 1 saturated heterocycles. The van der Waals surface area contributed by atoms with Gasteiger partial charge in [0.05, 0.1) is 6.04 Å². The number of ether oxygens (including phenoxy) is 4.